The number of halogens is 4. The van der Waals surface area contributed by atoms with Crippen molar-refractivity contribution >= 4 is 36.0 Å². The Morgan fingerprint density at radius 2 is 1.83 bits per heavy atom. The Bertz CT molecular complexity index is 670. The fourth-order valence-corrected chi connectivity index (χ4v) is 2.06. The van der Waals surface area contributed by atoms with Gasteiger partial charge in [-0.3, -0.25) is 0 Å². The van der Waals surface area contributed by atoms with Gasteiger partial charge in [-0.15, -0.1) is 24.0 Å². The number of guanidine groups is 1. The molecule has 0 heterocycles. The third-order valence-electron chi connectivity index (χ3n) is 3.12. The van der Waals surface area contributed by atoms with Gasteiger partial charge in [0.25, 0.3) is 0 Å². The molecule has 0 aliphatic heterocycles. The van der Waals surface area contributed by atoms with Gasteiger partial charge in [0.15, 0.2) is 5.96 Å². The maximum absolute atomic E-state index is 14.0. The summed E-state index contributed by atoms with van der Waals surface area (Å²) >= 11 is 0. The number of hydrogen-bond donors (Lipinski definition) is 3. The Kier molecular flexibility index (Phi) is 12.4. The molecular formula is C18H28F3IN4O3. The molecule has 1 aromatic carbocycles. The first-order valence-corrected chi connectivity index (χ1v) is 8.83. The van der Waals surface area contributed by atoms with Crippen molar-refractivity contribution in [2.24, 2.45) is 4.99 Å². The highest BCUT2D eigenvalue weighted by atomic mass is 127. The lowest BCUT2D eigenvalue weighted by atomic mass is 10.2. The van der Waals surface area contributed by atoms with Crippen molar-refractivity contribution in [1.82, 2.24) is 16.0 Å². The molecule has 0 unspecified atom stereocenters. The number of aliphatic imine (C=N–C) groups is 1. The van der Waals surface area contributed by atoms with Crippen LogP contribution < -0.4 is 20.7 Å². The average Bonchev–Trinajstić information content (AvgIpc) is 2.55. The predicted octanol–water partition coefficient (Wildman–Crippen LogP) is 3.62. The highest BCUT2D eigenvalue weighted by Gasteiger charge is 2.16. The fraction of sp³-hybridized carbons (Fsp3) is 0.556. The number of nitrogens with zero attached hydrogens (tertiary/aromatic N) is 1. The van der Waals surface area contributed by atoms with E-state index in [-0.39, 0.29) is 48.4 Å². The first-order valence-electron chi connectivity index (χ1n) is 8.83. The number of nitrogens with one attached hydrogen (secondary N) is 3. The van der Waals surface area contributed by atoms with Crippen molar-refractivity contribution in [2.75, 3.05) is 19.6 Å². The molecule has 0 aliphatic carbocycles. The Hall–Kier alpha value is -1.92. The summed E-state index contributed by atoms with van der Waals surface area (Å²) in [5, 5.41) is 8.47. The van der Waals surface area contributed by atoms with Crippen molar-refractivity contribution in [3.8, 4) is 5.75 Å². The summed E-state index contributed by atoms with van der Waals surface area (Å²) in [5.74, 6) is -0.620. The van der Waals surface area contributed by atoms with Gasteiger partial charge in [0.05, 0.1) is 12.1 Å². The molecule has 7 nitrogen and oxygen atoms in total. The lowest BCUT2D eigenvalue weighted by Gasteiger charge is -2.20. The van der Waals surface area contributed by atoms with Crippen LogP contribution in [-0.4, -0.2) is 43.9 Å². The van der Waals surface area contributed by atoms with Gasteiger partial charge >= 0.3 is 12.7 Å². The van der Waals surface area contributed by atoms with Gasteiger partial charge in [-0.25, -0.2) is 14.2 Å². The minimum Gasteiger partial charge on any atom is -0.444 e. The summed E-state index contributed by atoms with van der Waals surface area (Å²) in [7, 11) is 0. The molecule has 0 bridgehead atoms. The molecule has 166 valence electrons. The summed E-state index contributed by atoms with van der Waals surface area (Å²) in [5.41, 5.74) is -0.669. The zero-order valence-corrected chi connectivity index (χ0v) is 19.2. The minimum atomic E-state index is -3.06. The Labute approximate surface area is 185 Å². The van der Waals surface area contributed by atoms with Crippen LogP contribution in [0.4, 0.5) is 18.0 Å². The Morgan fingerprint density at radius 1 is 1.17 bits per heavy atom. The molecule has 0 radical (unpaired) electrons. The zero-order valence-electron chi connectivity index (χ0n) is 16.9. The number of ether oxygens (including phenoxy) is 2. The maximum atomic E-state index is 14.0. The fourth-order valence-electron chi connectivity index (χ4n) is 2.06. The summed E-state index contributed by atoms with van der Waals surface area (Å²) in [6, 6.07) is 3.69. The van der Waals surface area contributed by atoms with Gasteiger partial charge in [0, 0.05) is 19.6 Å². The number of carbonyl (C=O) groups is 1. The van der Waals surface area contributed by atoms with Crippen LogP contribution in [0.1, 0.15) is 33.3 Å². The summed E-state index contributed by atoms with van der Waals surface area (Å²) < 4.78 is 48.4. The number of benzene rings is 1. The molecule has 0 aromatic heterocycles. The number of carbonyl (C=O) groups excluding carboxylic acids is 1. The molecule has 1 amide bonds. The summed E-state index contributed by atoms with van der Waals surface area (Å²) in [6.45, 7) is 4.97. The van der Waals surface area contributed by atoms with E-state index in [9.17, 15) is 18.0 Å². The molecule has 0 saturated carbocycles. The van der Waals surface area contributed by atoms with Gasteiger partial charge in [0.2, 0.25) is 0 Å². The smallest absolute Gasteiger partial charge is 0.407 e. The molecule has 0 fully saturated rings. The Morgan fingerprint density at radius 3 is 2.41 bits per heavy atom. The number of amides is 1. The van der Waals surface area contributed by atoms with E-state index in [0.717, 1.165) is 6.07 Å². The molecule has 11 heteroatoms. The number of alkyl carbamates (subject to hydrolysis) is 1. The Balaban J connectivity index is 0.00000784. The first-order chi connectivity index (χ1) is 13.1. The largest absolute Gasteiger partial charge is 0.444 e. The molecule has 1 rings (SSSR count). The highest BCUT2D eigenvalue weighted by molar-refractivity contribution is 14.0. The van der Waals surface area contributed by atoms with Crippen molar-refractivity contribution in [2.45, 2.75) is 46.5 Å². The molecule has 3 N–H and O–H groups in total. The molecule has 0 atom stereocenters. The standard InChI is InChI=1S/C18H27F3N4O3.HI/c1-5-22-16(23-9-10-24-17(26)28-18(2,3)4)25-11-12-13(19)7-6-8-14(12)27-15(20)21;/h6-8,15H,5,9-11H2,1-4H3,(H,24,26)(H2,22,23,25);1H. The van der Waals surface area contributed by atoms with Crippen LogP contribution in [-0.2, 0) is 11.3 Å². The van der Waals surface area contributed by atoms with Crippen molar-refractivity contribution in [3.63, 3.8) is 0 Å². The second kappa shape index (κ2) is 13.3. The van der Waals surface area contributed by atoms with E-state index in [4.69, 9.17) is 4.74 Å². The molecule has 29 heavy (non-hydrogen) atoms. The molecule has 0 saturated heterocycles. The normalized spacial score (nSPS) is 11.5. The van der Waals surface area contributed by atoms with Crippen LogP contribution in [0.25, 0.3) is 0 Å². The lowest BCUT2D eigenvalue weighted by Crippen LogP contribution is -2.42. The van der Waals surface area contributed by atoms with E-state index in [1.807, 2.05) is 6.92 Å². The van der Waals surface area contributed by atoms with E-state index in [1.54, 1.807) is 20.8 Å². The van der Waals surface area contributed by atoms with Crippen LogP contribution in [0, 0.1) is 5.82 Å². The van der Waals surface area contributed by atoms with E-state index < -0.39 is 24.1 Å². The topological polar surface area (TPSA) is 84.0 Å². The van der Waals surface area contributed by atoms with Crippen LogP contribution in [0.5, 0.6) is 5.75 Å². The third kappa shape index (κ3) is 11.6. The van der Waals surface area contributed by atoms with Crippen LogP contribution in [0.3, 0.4) is 0 Å². The number of alkyl halides is 2. The van der Waals surface area contributed by atoms with Crippen LogP contribution >= 0.6 is 24.0 Å². The molecular weight excluding hydrogens is 504 g/mol. The van der Waals surface area contributed by atoms with Crippen molar-refractivity contribution in [3.05, 3.63) is 29.6 Å². The minimum absolute atomic E-state index is 0. The van der Waals surface area contributed by atoms with Gasteiger partial charge in [-0.2, -0.15) is 8.78 Å². The molecule has 1 aromatic rings. The second-order valence-corrected chi connectivity index (χ2v) is 6.65. The van der Waals surface area contributed by atoms with Gasteiger partial charge in [-0.05, 0) is 39.8 Å². The van der Waals surface area contributed by atoms with Crippen LogP contribution in [0.15, 0.2) is 23.2 Å². The zero-order chi connectivity index (χ0) is 21.2. The second-order valence-electron chi connectivity index (χ2n) is 6.65. The molecule has 0 aliphatic rings. The monoisotopic (exact) mass is 532 g/mol. The summed E-state index contributed by atoms with van der Waals surface area (Å²) in [6.07, 6.45) is -0.545. The third-order valence-corrected chi connectivity index (χ3v) is 3.12. The van der Waals surface area contributed by atoms with Crippen molar-refractivity contribution in [1.29, 1.82) is 0 Å². The van der Waals surface area contributed by atoms with E-state index >= 15 is 0 Å². The molecule has 0 spiro atoms. The van der Waals surface area contributed by atoms with E-state index in [0.29, 0.717) is 19.0 Å². The lowest BCUT2D eigenvalue weighted by molar-refractivity contribution is -0.0506. The van der Waals surface area contributed by atoms with Crippen molar-refractivity contribution < 1.29 is 27.4 Å². The SMILES string of the molecule is CCNC(=NCc1c(F)cccc1OC(F)F)NCCNC(=O)OC(C)(C)C.I. The van der Waals surface area contributed by atoms with Crippen LogP contribution in [0.2, 0.25) is 0 Å². The quantitative estimate of drug-likeness (QED) is 0.206. The maximum Gasteiger partial charge on any atom is 0.407 e. The van der Waals surface area contributed by atoms with E-state index in [2.05, 4.69) is 25.7 Å². The highest BCUT2D eigenvalue weighted by Crippen LogP contribution is 2.24. The average molecular weight is 532 g/mol. The van der Waals surface area contributed by atoms with Gasteiger partial charge in [0.1, 0.15) is 17.2 Å². The first kappa shape index (κ1) is 27.1. The van der Waals surface area contributed by atoms with Gasteiger partial charge < -0.3 is 25.4 Å². The number of hydrogen-bond acceptors (Lipinski definition) is 4. The predicted molar refractivity (Wildman–Crippen MR) is 116 cm³/mol. The summed E-state index contributed by atoms with van der Waals surface area (Å²) in [4.78, 5) is 15.8. The van der Waals surface area contributed by atoms with Gasteiger partial charge in [-0.1, -0.05) is 6.07 Å². The number of rotatable bonds is 8. The van der Waals surface area contributed by atoms with E-state index in [1.165, 1.54) is 12.1 Å².